The zero-order valence-electron chi connectivity index (χ0n) is 16.8. The van der Waals surface area contributed by atoms with Crippen LogP contribution in [-0.2, 0) is 0 Å². The van der Waals surface area contributed by atoms with Crippen molar-refractivity contribution in [3.05, 3.63) is 115 Å². The monoisotopic (exact) mass is 383 g/mol. The first-order chi connectivity index (χ1) is 14.8. The summed E-state index contributed by atoms with van der Waals surface area (Å²) in [6.07, 6.45) is 0. The average molecular weight is 383 g/mol. The van der Waals surface area contributed by atoms with Crippen LogP contribution in [0.15, 0.2) is 109 Å². The van der Waals surface area contributed by atoms with Gasteiger partial charge in [0.2, 0.25) is 0 Å². The number of hydrogen-bond donors (Lipinski definition) is 0. The minimum atomic E-state index is 1.20. The first kappa shape index (κ1) is 17.1. The van der Waals surface area contributed by atoms with Gasteiger partial charge in [-0.25, -0.2) is 0 Å². The lowest BCUT2D eigenvalue weighted by Gasteiger charge is -2.09. The zero-order valence-corrected chi connectivity index (χ0v) is 16.8. The Bertz CT molecular complexity index is 1530. The summed E-state index contributed by atoms with van der Waals surface area (Å²) in [5, 5.41) is 5.15. The molecule has 142 valence electrons. The van der Waals surface area contributed by atoms with Crippen molar-refractivity contribution in [2.75, 3.05) is 0 Å². The fourth-order valence-corrected chi connectivity index (χ4v) is 4.63. The van der Waals surface area contributed by atoms with Gasteiger partial charge in [-0.15, -0.1) is 0 Å². The van der Waals surface area contributed by atoms with E-state index in [-0.39, 0.29) is 0 Å². The van der Waals surface area contributed by atoms with Crippen LogP contribution in [-0.4, -0.2) is 4.57 Å². The van der Waals surface area contributed by atoms with E-state index < -0.39 is 0 Å². The van der Waals surface area contributed by atoms with Crippen molar-refractivity contribution >= 4 is 32.6 Å². The SMILES string of the molecule is Cc1ccc2c3cc(-c4cccc5ccccc45)ccc3n(-c3ccccc3)c2c1. The Morgan fingerprint density at radius 1 is 0.533 bits per heavy atom. The molecule has 6 rings (SSSR count). The zero-order chi connectivity index (χ0) is 20.1. The number of nitrogens with zero attached hydrogens (tertiary/aromatic N) is 1. The van der Waals surface area contributed by atoms with Gasteiger partial charge in [0.05, 0.1) is 11.0 Å². The van der Waals surface area contributed by atoms with E-state index in [0.29, 0.717) is 0 Å². The largest absolute Gasteiger partial charge is 0.309 e. The summed E-state index contributed by atoms with van der Waals surface area (Å²) < 4.78 is 2.38. The molecular weight excluding hydrogens is 362 g/mol. The van der Waals surface area contributed by atoms with Crippen molar-refractivity contribution < 1.29 is 0 Å². The molecule has 0 aliphatic heterocycles. The van der Waals surface area contributed by atoms with E-state index in [1.807, 2.05) is 0 Å². The predicted octanol–water partition coefficient (Wildman–Crippen LogP) is 7.91. The minimum absolute atomic E-state index is 1.20. The molecule has 0 N–H and O–H groups in total. The lowest BCUT2D eigenvalue weighted by molar-refractivity contribution is 1.18. The molecule has 1 heteroatoms. The predicted molar refractivity (Wildman–Crippen MR) is 128 cm³/mol. The molecule has 30 heavy (non-hydrogen) atoms. The Morgan fingerprint density at radius 3 is 2.23 bits per heavy atom. The Labute approximate surface area is 175 Å². The Balaban J connectivity index is 1.69. The molecule has 5 aromatic carbocycles. The molecule has 0 amide bonds. The van der Waals surface area contributed by atoms with Crippen LogP contribution in [0.3, 0.4) is 0 Å². The summed E-state index contributed by atoms with van der Waals surface area (Å²) in [5.74, 6) is 0. The van der Waals surface area contributed by atoms with Gasteiger partial charge in [0.15, 0.2) is 0 Å². The minimum Gasteiger partial charge on any atom is -0.309 e. The Kier molecular flexibility index (Phi) is 3.75. The van der Waals surface area contributed by atoms with Crippen molar-refractivity contribution in [2.45, 2.75) is 6.92 Å². The van der Waals surface area contributed by atoms with E-state index in [1.165, 1.54) is 55.0 Å². The van der Waals surface area contributed by atoms with Gasteiger partial charge in [0, 0.05) is 16.5 Å². The highest BCUT2D eigenvalue weighted by atomic mass is 15.0. The van der Waals surface area contributed by atoms with E-state index in [4.69, 9.17) is 0 Å². The highest BCUT2D eigenvalue weighted by molar-refractivity contribution is 6.11. The summed E-state index contributed by atoms with van der Waals surface area (Å²) in [4.78, 5) is 0. The van der Waals surface area contributed by atoms with Gasteiger partial charge in [-0.2, -0.15) is 0 Å². The number of aryl methyl sites for hydroxylation is 1. The second-order valence-electron chi connectivity index (χ2n) is 7.95. The van der Waals surface area contributed by atoms with Crippen LogP contribution in [0.5, 0.6) is 0 Å². The Hall–Kier alpha value is -3.84. The maximum absolute atomic E-state index is 2.38. The van der Waals surface area contributed by atoms with Crippen molar-refractivity contribution in [1.29, 1.82) is 0 Å². The summed E-state index contributed by atoms with van der Waals surface area (Å²) in [6.45, 7) is 2.16. The summed E-state index contributed by atoms with van der Waals surface area (Å²) in [5.41, 5.74) is 7.50. The van der Waals surface area contributed by atoms with E-state index in [2.05, 4.69) is 121 Å². The molecule has 6 aromatic rings. The van der Waals surface area contributed by atoms with Gasteiger partial charge in [-0.1, -0.05) is 78.9 Å². The third-order valence-electron chi connectivity index (χ3n) is 6.04. The highest BCUT2D eigenvalue weighted by Gasteiger charge is 2.14. The van der Waals surface area contributed by atoms with Gasteiger partial charge in [-0.3, -0.25) is 0 Å². The van der Waals surface area contributed by atoms with Gasteiger partial charge >= 0.3 is 0 Å². The second kappa shape index (κ2) is 6.60. The number of para-hydroxylation sites is 1. The third kappa shape index (κ3) is 2.56. The van der Waals surface area contributed by atoms with Crippen molar-refractivity contribution in [1.82, 2.24) is 4.57 Å². The van der Waals surface area contributed by atoms with Gasteiger partial charge in [-0.05, 0) is 64.7 Å². The van der Waals surface area contributed by atoms with E-state index in [0.717, 1.165) is 0 Å². The van der Waals surface area contributed by atoms with Crippen LogP contribution in [0.1, 0.15) is 5.56 Å². The average Bonchev–Trinajstić information content (AvgIpc) is 3.12. The summed E-state index contributed by atoms with van der Waals surface area (Å²) in [6, 6.07) is 39.5. The van der Waals surface area contributed by atoms with Crippen molar-refractivity contribution in [3.8, 4) is 16.8 Å². The first-order valence-electron chi connectivity index (χ1n) is 10.4. The Morgan fingerprint density at radius 2 is 1.33 bits per heavy atom. The molecule has 0 fully saturated rings. The van der Waals surface area contributed by atoms with E-state index >= 15 is 0 Å². The molecule has 1 aromatic heterocycles. The molecule has 1 heterocycles. The number of rotatable bonds is 2. The second-order valence-corrected chi connectivity index (χ2v) is 7.95. The quantitative estimate of drug-likeness (QED) is 0.286. The number of benzene rings is 5. The summed E-state index contributed by atoms with van der Waals surface area (Å²) in [7, 11) is 0. The van der Waals surface area contributed by atoms with Crippen LogP contribution in [0.2, 0.25) is 0 Å². The molecule has 0 aliphatic carbocycles. The van der Waals surface area contributed by atoms with Crippen LogP contribution in [0, 0.1) is 6.92 Å². The van der Waals surface area contributed by atoms with E-state index in [9.17, 15) is 0 Å². The lowest BCUT2D eigenvalue weighted by atomic mass is 9.97. The van der Waals surface area contributed by atoms with Gasteiger partial charge in [0.1, 0.15) is 0 Å². The van der Waals surface area contributed by atoms with E-state index in [1.54, 1.807) is 0 Å². The molecule has 0 saturated heterocycles. The molecular formula is C29H21N. The fourth-order valence-electron chi connectivity index (χ4n) is 4.63. The normalized spacial score (nSPS) is 11.5. The molecule has 1 nitrogen and oxygen atoms in total. The topological polar surface area (TPSA) is 4.93 Å². The van der Waals surface area contributed by atoms with Gasteiger partial charge < -0.3 is 4.57 Å². The highest BCUT2D eigenvalue weighted by Crippen LogP contribution is 2.36. The van der Waals surface area contributed by atoms with Crippen molar-refractivity contribution in [2.24, 2.45) is 0 Å². The maximum atomic E-state index is 2.38. The molecule has 0 bridgehead atoms. The number of hydrogen-bond acceptors (Lipinski definition) is 0. The molecule has 0 saturated carbocycles. The van der Waals surface area contributed by atoms with Gasteiger partial charge in [0.25, 0.3) is 0 Å². The third-order valence-corrected chi connectivity index (χ3v) is 6.04. The molecule has 0 unspecified atom stereocenters. The smallest absolute Gasteiger partial charge is 0.0543 e. The fraction of sp³-hybridized carbons (Fsp3) is 0.0345. The van der Waals surface area contributed by atoms with Crippen LogP contribution in [0.25, 0.3) is 49.4 Å². The molecule has 0 atom stereocenters. The van der Waals surface area contributed by atoms with Crippen LogP contribution >= 0.6 is 0 Å². The first-order valence-corrected chi connectivity index (χ1v) is 10.4. The molecule has 0 radical (unpaired) electrons. The number of fused-ring (bicyclic) bond motifs is 4. The standard InChI is InChI=1S/C29H21N/c1-20-14-16-26-27-19-22(25-13-7-9-21-8-5-6-12-24(21)25)15-17-28(27)30(29(26)18-20)23-10-3-2-4-11-23/h2-19H,1H3. The maximum Gasteiger partial charge on any atom is 0.0543 e. The van der Waals surface area contributed by atoms with Crippen molar-refractivity contribution in [3.63, 3.8) is 0 Å². The number of aromatic nitrogens is 1. The van der Waals surface area contributed by atoms with Crippen LogP contribution in [0.4, 0.5) is 0 Å². The summed E-state index contributed by atoms with van der Waals surface area (Å²) >= 11 is 0. The lowest BCUT2D eigenvalue weighted by Crippen LogP contribution is -1.93. The van der Waals surface area contributed by atoms with Crippen LogP contribution < -0.4 is 0 Å². The molecule has 0 spiro atoms. The molecule has 0 aliphatic rings.